The number of ether oxygens (including phenoxy) is 1. The molecule has 0 aromatic heterocycles. The molecule has 2 saturated heterocycles. The van der Waals surface area contributed by atoms with Gasteiger partial charge in [0.15, 0.2) is 0 Å². The summed E-state index contributed by atoms with van der Waals surface area (Å²) in [6, 6.07) is 7.25. The Kier molecular flexibility index (Phi) is 7.19. The van der Waals surface area contributed by atoms with Crippen LogP contribution in [0.15, 0.2) is 24.3 Å². The minimum Gasteiger partial charge on any atom is -0.379 e. The van der Waals surface area contributed by atoms with E-state index in [0.29, 0.717) is 17.3 Å². The third-order valence-electron chi connectivity index (χ3n) is 6.55. The number of carbonyl (C=O) groups excluding carboxylic acids is 3. The molecule has 0 atom stereocenters. The Hall–Kier alpha value is -2.45. The molecule has 3 amide bonds. The van der Waals surface area contributed by atoms with Gasteiger partial charge in [-0.05, 0) is 43.9 Å². The largest absolute Gasteiger partial charge is 0.379 e. The lowest BCUT2D eigenvalue weighted by Crippen LogP contribution is -2.43. The lowest BCUT2D eigenvalue weighted by atomic mass is 9.93. The maximum Gasteiger partial charge on any atom is 0.244 e. The van der Waals surface area contributed by atoms with E-state index in [1.807, 2.05) is 23.1 Å². The van der Waals surface area contributed by atoms with Crippen molar-refractivity contribution in [3.63, 3.8) is 0 Å². The smallest absolute Gasteiger partial charge is 0.244 e. The number of hydrogen-bond acceptors (Lipinski definition) is 5. The van der Waals surface area contributed by atoms with Gasteiger partial charge in [0.2, 0.25) is 17.7 Å². The van der Waals surface area contributed by atoms with Crippen LogP contribution in [0.1, 0.15) is 32.1 Å². The summed E-state index contributed by atoms with van der Waals surface area (Å²) in [6.45, 7) is 6.37. The number of likely N-dealkylation sites (tertiary alicyclic amines) is 1. The first kappa shape index (κ1) is 21.8. The molecule has 3 heterocycles. The number of fused-ring (bicyclic) bond motifs is 1. The summed E-state index contributed by atoms with van der Waals surface area (Å²) >= 11 is 0. The Morgan fingerprint density at radius 1 is 1.00 bits per heavy atom. The maximum atomic E-state index is 12.7. The van der Waals surface area contributed by atoms with Crippen molar-refractivity contribution in [1.82, 2.24) is 9.80 Å². The lowest BCUT2D eigenvalue weighted by molar-refractivity contribution is -0.134. The zero-order valence-corrected chi connectivity index (χ0v) is 18.1. The fourth-order valence-electron chi connectivity index (χ4n) is 4.62. The Labute approximate surface area is 183 Å². The van der Waals surface area contributed by atoms with E-state index < -0.39 is 0 Å². The summed E-state index contributed by atoms with van der Waals surface area (Å²) in [5, 5.41) is 2.78. The highest BCUT2D eigenvalue weighted by Crippen LogP contribution is 2.29. The van der Waals surface area contributed by atoms with Gasteiger partial charge in [-0.1, -0.05) is 12.1 Å². The molecule has 31 heavy (non-hydrogen) atoms. The lowest BCUT2D eigenvalue weighted by Gasteiger charge is -2.34. The van der Waals surface area contributed by atoms with Crippen LogP contribution in [0.3, 0.4) is 0 Å². The molecule has 0 aliphatic carbocycles. The first-order valence-corrected chi connectivity index (χ1v) is 11.4. The fourth-order valence-corrected chi connectivity index (χ4v) is 4.62. The molecule has 168 valence electrons. The molecule has 1 N–H and O–H groups in total. The van der Waals surface area contributed by atoms with Gasteiger partial charge in [0.1, 0.15) is 6.54 Å². The van der Waals surface area contributed by atoms with E-state index in [2.05, 4.69) is 10.2 Å². The van der Waals surface area contributed by atoms with Gasteiger partial charge in [0.25, 0.3) is 0 Å². The Morgan fingerprint density at radius 2 is 1.71 bits per heavy atom. The van der Waals surface area contributed by atoms with E-state index in [0.717, 1.165) is 58.8 Å². The predicted molar refractivity (Wildman–Crippen MR) is 118 cm³/mol. The number of nitrogens with zero attached hydrogens (tertiary/aromatic N) is 3. The van der Waals surface area contributed by atoms with Crippen LogP contribution in [0.25, 0.3) is 0 Å². The van der Waals surface area contributed by atoms with Crippen LogP contribution >= 0.6 is 0 Å². The van der Waals surface area contributed by atoms with Gasteiger partial charge in [0.05, 0.1) is 24.6 Å². The molecule has 0 unspecified atom stereocenters. The van der Waals surface area contributed by atoms with Crippen molar-refractivity contribution in [2.75, 3.05) is 62.7 Å². The standard InChI is InChI=1S/C23H32N4O4/c28-21-17-27(20-4-2-1-3-19(20)24-21)23(30)6-5-22(29)26-11-8-18(9-12-26)7-10-25-13-15-31-16-14-25/h1-4,18H,5-17H2,(H,24,28). The highest BCUT2D eigenvalue weighted by molar-refractivity contribution is 6.10. The van der Waals surface area contributed by atoms with Gasteiger partial charge in [0, 0.05) is 39.0 Å². The molecular formula is C23H32N4O4. The fraction of sp³-hybridized carbons (Fsp3) is 0.609. The van der Waals surface area contributed by atoms with Crippen molar-refractivity contribution in [2.24, 2.45) is 5.92 Å². The van der Waals surface area contributed by atoms with E-state index in [9.17, 15) is 14.4 Å². The van der Waals surface area contributed by atoms with Gasteiger partial charge in [-0.2, -0.15) is 0 Å². The molecular weight excluding hydrogens is 396 g/mol. The first-order chi connectivity index (χ1) is 15.1. The number of amides is 3. The quantitative estimate of drug-likeness (QED) is 0.746. The molecule has 4 rings (SSSR count). The average Bonchev–Trinajstić information content (AvgIpc) is 2.81. The van der Waals surface area contributed by atoms with Crippen molar-refractivity contribution >= 4 is 29.1 Å². The summed E-state index contributed by atoms with van der Waals surface area (Å²) in [7, 11) is 0. The molecule has 8 nitrogen and oxygen atoms in total. The Balaban J connectivity index is 1.20. The van der Waals surface area contributed by atoms with Crippen LogP contribution in [-0.2, 0) is 19.1 Å². The highest BCUT2D eigenvalue weighted by atomic mass is 16.5. The molecule has 2 fully saturated rings. The number of benzene rings is 1. The van der Waals surface area contributed by atoms with Crippen LogP contribution in [0.4, 0.5) is 11.4 Å². The van der Waals surface area contributed by atoms with E-state index in [-0.39, 0.29) is 37.1 Å². The number of carbonyl (C=O) groups is 3. The van der Waals surface area contributed by atoms with Crippen molar-refractivity contribution in [3.05, 3.63) is 24.3 Å². The number of rotatable bonds is 6. The van der Waals surface area contributed by atoms with Crippen molar-refractivity contribution in [2.45, 2.75) is 32.1 Å². The van der Waals surface area contributed by atoms with E-state index in [1.165, 1.54) is 11.3 Å². The summed E-state index contributed by atoms with van der Waals surface area (Å²) in [6.07, 6.45) is 3.55. The number of anilines is 2. The van der Waals surface area contributed by atoms with E-state index in [4.69, 9.17) is 4.74 Å². The van der Waals surface area contributed by atoms with E-state index >= 15 is 0 Å². The molecule has 1 aromatic rings. The highest BCUT2D eigenvalue weighted by Gasteiger charge is 2.28. The SMILES string of the molecule is O=C1CN(C(=O)CCC(=O)N2CCC(CCN3CCOCC3)CC2)c2ccccc2N1. The predicted octanol–water partition coefficient (Wildman–Crippen LogP) is 1.71. The second-order valence-electron chi connectivity index (χ2n) is 8.61. The van der Waals surface area contributed by atoms with Gasteiger partial charge < -0.3 is 19.9 Å². The van der Waals surface area contributed by atoms with Crippen LogP contribution in [0, 0.1) is 5.92 Å². The molecule has 1 aromatic carbocycles. The number of para-hydroxylation sites is 2. The number of nitrogens with one attached hydrogen (secondary N) is 1. The zero-order chi connectivity index (χ0) is 21.6. The van der Waals surface area contributed by atoms with Gasteiger partial charge in [-0.25, -0.2) is 0 Å². The van der Waals surface area contributed by atoms with Crippen molar-refractivity contribution < 1.29 is 19.1 Å². The minimum atomic E-state index is -0.211. The molecule has 0 saturated carbocycles. The zero-order valence-electron chi connectivity index (χ0n) is 18.1. The van der Waals surface area contributed by atoms with Crippen LogP contribution in [0.5, 0.6) is 0 Å². The van der Waals surface area contributed by atoms with Gasteiger partial charge >= 0.3 is 0 Å². The Bertz CT molecular complexity index is 801. The van der Waals surface area contributed by atoms with Gasteiger partial charge in [-0.3, -0.25) is 19.3 Å². The summed E-state index contributed by atoms with van der Waals surface area (Å²) in [5.74, 6) is 0.306. The molecule has 0 bridgehead atoms. The number of piperidine rings is 1. The molecule has 0 radical (unpaired) electrons. The summed E-state index contributed by atoms with van der Waals surface area (Å²) in [5.41, 5.74) is 1.33. The van der Waals surface area contributed by atoms with Crippen LogP contribution in [0.2, 0.25) is 0 Å². The molecule has 3 aliphatic heterocycles. The third-order valence-corrected chi connectivity index (χ3v) is 6.55. The number of hydrogen-bond donors (Lipinski definition) is 1. The Morgan fingerprint density at radius 3 is 2.48 bits per heavy atom. The molecule has 8 heteroatoms. The second kappa shape index (κ2) is 10.2. The monoisotopic (exact) mass is 428 g/mol. The summed E-state index contributed by atoms with van der Waals surface area (Å²) < 4.78 is 5.40. The summed E-state index contributed by atoms with van der Waals surface area (Å²) in [4.78, 5) is 43.2. The first-order valence-electron chi connectivity index (χ1n) is 11.4. The second-order valence-corrected chi connectivity index (χ2v) is 8.61. The molecule has 0 spiro atoms. The van der Waals surface area contributed by atoms with Crippen LogP contribution < -0.4 is 10.2 Å². The molecule has 3 aliphatic rings. The van der Waals surface area contributed by atoms with Crippen LogP contribution in [-0.4, -0.2) is 80.0 Å². The van der Waals surface area contributed by atoms with Crippen molar-refractivity contribution in [1.29, 1.82) is 0 Å². The van der Waals surface area contributed by atoms with E-state index in [1.54, 1.807) is 6.07 Å². The minimum absolute atomic E-state index is 0.00141. The topological polar surface area (TPSA) is 82.2 Å². The average molecular weight is 429 g/mol. The van der Waals surface area contributed by atoms with Gasteiger partial charge in [-0.15, -0.1) is 0 Å². The third kappa shape index (κ3) is 5.62. The van der Waals surface area contributed by atoms with Crippen molar-refractivity contribution in [3.8, 4) is 0 Å². The number of morpholine rings is 1. The maximum absolute atomic E-state index is 12.7. The normalized spacial score (nSPS) is 20.3.